The lowest BCUT2D eigenvalue weighted by atomic mass is 10.2. The third-order valence-corrected chi connectivity index (χ3v) is 4.73. The summed E-state index contributed by atoms with van der Waals surface area (Å²) in [5.74, 6) is -0.243. The van der Waals surface area contributed by atoms with Gasteiger partial charge in [-0.3, -0.25) is 0 Å². The number of nitrogens with one attached hydrogen (secondary N) is 2. The zero-order chi connectivity index (χ0) is 16.2. The summed E-state index contributed by atoms with van der Waals surface area (Å²) in [6.45, 7) is 2.41. The molecule has 0 atom stereocenters. The first-order valence-electron chi connectivity index (χ1n) is 7.27. The highest BCUT2D eigenvalue weighted by molar-refractivity contribution is 7.80. The Labute approximate surface area is 143 Å². The number of anilines is 1. The van der Waals surface area contributed by atoms with Gasteiger partial charge >= 0.3 is 0 Å². The lowest BCUT2D eigenvalue weighted by Gasteiger charge is -2.10. The average Bonchev–Trinajstić information content (AvgIpc) is 2.93. The molecule has 0 saturated heterocycles. The number of thiazole rings is 1. The third-order valence-electron chi connectivity index (χ3n) is 3.39. The Morgan fingerprint density at radius 2 is 2.09 bits per heavy atom. The first-order valence-corrected chi connectivity index (χ1v) is 8.50. The molecule has 3 rings (SSSR count). The van der Waals surface area contributed by atoms with E-state index in [1.165, 1.54) is 10.8 Å². The van der Waals surface area contributed by atoms with Gasteiger partial charge in [0.25, 0.3) is 0 Å². The summed E-state index contributed by atoms with van der Waals surface area (Å²) in [5.41, 5.74) is 2.29. The molecule has 2 N–H and O–H groups in total. The molecule has 3 nitrogen and oxygen atoms in total. The molecule has 0 aliphatic rings. The third kappa shape index (κ3) is 4.03. The fraction of sp³-hybridized carbons (Fsp3) is 0.176. The monoisotopic (exact) mass is 345 g/mol. The Kier molecular flexibility index (Phi) is 4.83. The number of hydrogen-bond donors (Lipinski definition) is 2. The van der Waals surface area contributed by atoms with E-state index in [1.54, 1.807) is 30.4 Å². The topological polar surface area (TPSA) is 37.0 Å². The van der Waals surface area contributed by atoms with Gasteiger partial charge in [0.15, 0.2) is 5.11 Å². The number of para-hydroxylation sites is 1. The Balaban J connectivity index is 1.51. The van der Waals surface area contributed by atoms with E-state index in [-0.39, 0.29) is 5.82 Å². The maximum Gasteiger partial charge on any atom is 0.170 e. The van der Waals surface area contributed by atoms with Crippen LogP contribution in [0.3, 0.4) is 0 Å². The van der Waals surface area contributed by atoms with Gasteiger partial charge in [0, 0.05) is 18.7 Å². The molecular weight excluding hydrogens is 329 g/mol. The molecule has 0 radical (unpaired) electrons. The summed E-state index contributed by atoms with van der Waals surface area (Å²) in [7, 11) is 0. The van der Waals surface area contributed by atoms with Crippen LogP contribution in [0.1, 0.15) is 10.6 Å². The highest BCUT2D eigenvalue weighted by Crippen LogP contribution is 2.21. The number of rotatable bonds is 4. The minimum Gasteiger partial charge on any atom is -0.362 e. The van der Waals surface area contributed by atoms with Gasteiger partial charge < -0.3 is 10.6 Å². The minimum absolute atomic E-state index is 0.243. The van der Waals surface area contributed by atoms with Crippen LogP contribution in [-0.4, -0.2) is 16.6 Å². The molecule has 0 amide bonds. The summed E-state index contributed by atoms with van der Waals surface area (Å²) in [6.07, 6.45) is 0.795. The maximum atomic E-state index is 13.5. The van der Waals surface area contributed by atoms with Gasteiger partial charge in [0.2, 0.25) is 0 Å². The van der Waals surface area contributed by atoms with Gasteiger partial charge in [-0.2, -0.15) is 0 Å². The lowest BCUT2D eigenvalue weighted by molar-refractivity contribution is 0.619. The van der Waals surface area contributed by atoms with Gasteiger partial charge in [-0.1, -0.05) is 18.2 Å². The van der Waals surface area contributed by atoms with Crippen molar-refractivity contribution in [3.63, 3.8) is 0 Å². The Morgan fingerprint density at radius 1 is 1.26 bits per heavy atom. The molecule has 6 heteroatoms. The standard InChI is InChI=1S/C17H16FN3S2/c1-11-6-7-12(10-13(11)18)20-17(22)19-9-8-16-21-14-4-2-3-5-15(14)23-16/h2-7,10H,8-9H2,1H3,(H2,19,20,22). The van der Waals surface area contributed by atoms with Crippen molar-refractivity contribution in [3.05, 3.63) is 58.9 Å². The number of fused-ring (bicyclic) bond motifs is 1. The van der Waals surface area contributed by atoms with Crippen molar-refractivity contribution in [3.8, 4) is 0 Å². The molecule has 0 saturated carbocycles. The SMILES string of the molecule is Cc1ccc(NC(=S)NCCc2nc3ccccc3s2)cc1F. The van der Waals surface area contributed by atoms with Crippen molar-refractivity contribution >= 4 is 44.6 Å². The fourth-order valence-electron chi connectivity index (χ4n) is 2.16. The van der Waals surface area contributed by atoms with E-state index in [9.17, 15) is 4.39 Å². The van der Waals surface area contributed by atoms with Crippen molar-refractivity contribution in [2.75, 3.05) is 11.9 Å². The summed E-state index contributed by atoms with van der Waals surface area (Å²) < 4.78 is 14.7. The van der Waals surface area contributed by atoms with Crippen LogP contribution in [0.15, 0.2) is 42.5 Å². The van der Waals surface area contributed by atoms with E-state index in [1.807, 2.05) is 18.2 Å². The van der Waals surface area contributed by atoms with Crippen LogP contribution in [0.2, 0.25) is 0 Å². The summed E-state index contributed by atoms with van der Waals surface area (Å²) >= 11 is 6.92. The van der Waals surface area contributed by atoms with E-state index in [4.69, 9.17) is 12.2 Å². The van der Waals surface area contributed by atoms with Crippen LogP contribution in [0.5, 0.6) is 0 Å². The summed E-state index contributed by atoms with van der Waals surface area (Å²) in [6, 6.07) is 13.1. The van der Waals surface area contributed by atoms with Gasteiger partial charge in [0.05, 0.1) is 15.2 Å². The van der Waals surface area contributed by atoms with Crippen molar-refractivity contribution in [2.24, 2.45) is 0 Å². The smallest absolute Gasteiger partial charge is 0.170 e. The molecule has 23 heavy (non-hydrogen) atoms. The molecule has 118 valence electrons. The second kappa shape index (κ2) is 7.02. The molecule has 1 aromatic heterocycles. The normalized spacial score (nSPS) is 10.7. The maximum absolute atomic E-state index is 13.5. The van der Waals surface area contributed by atoms with Crippen LogP contribution in [0.25, 0.3) is 10.2 Å². The number of aryl methyl sites for hydroxylation is 1. The Bertz CT molecular complexity index is 812. The van der Waals surface area contributed by atoms with E-state index in [2.05, 4.69) is 21.7 Å². The van der Waals surface area contributed by atoms with E-state index in [0.29, 0.717) is 22.9 Å². The zero-order valence-electron chi connectivity index (χ0n) is 12.6. The van der Waals surface area contributed by atoms with Crippen LogP contribution in [0.4, 0.5) is 10.1 Å². The van der Waals surface area contributed by atoms with Crippen LogP contribution in [-0.2, 0) is 6.42 Å². The number of hydrogen-bond acceptors (Lipinski definition) is 3. The van der Waals surface area contributed by atoms with Crippen molar-refractivity contribution in [2.45, 2.75) is 13.3 Å². The number of halogens is 1. The average molecular weight is 345 g/mol. The fourth-order valence-corrected chi connectivity index (χ4v) is 3.34. The van der Waals surface area contributed by atoms with E-state index >= 15 is 0 Å². The van der Waals surface area contributed by atoms with Gasteiger partial charge in [-0.05, 0) is 49.0 Å². The number of nitrogens with zero attached hydrogens (tertiary/aromatic N) is 1. The molecule has 0 unspecified atom stereocenters. The molecule has 0 bridgehead atoms. The Morgan fingerprint density at radius 3 is 2.87 bits per heavy atom. The highest BCUT2D eigenvalue weighted by atomic mass is 32.1. The van der Waals surface area contributed by atoms with E-state index in [0.717, 1.165) is 16.9 Å². The molecule has 0 spiro atoms. The molecular formula is C17H16FN3S2. The molecule has 1 heterocycles. The van der Waals surface area contributed by atoms with Crippen molar-refractivity contribution < 1.29 is 4.39 Å². The molecule has 0 fully saturated rings. The molecule has 3 aromatic rings. The van der Waals surface area contributed by atoms with Crippen molar-refractivity contribution in [1.82, 2.24) is 10.3 Å². The van der Waals surface area contributed by atoms with E-state index < -0.39 is 0 Å². The van der Waals surface area contributed by atoms with Crippen LogP contribution < -0.4 is 10.6 Å². The molecule has 2 aromatic carbocycles. The zero-order valence-corrected chi connectivity index (χ0v) is 14.2. The first kappa shape index (κ1) is 15.8. The minimum atomic E-state index is -0.243. The van der Waals surface area contributed by atoms with Crippen LogP contribution in [0, 0.1) is 12.7 Å². The summed E-state index contributed by atoms with van der Waals surface area (Å²) in [5, 5.41) is 7.66. The lowest BCUT2D eigenvalue weighted by Crippen LogP contribution is -2.30. The highest BCUT2D eigenvalue weighted by Gasteiger charge is 2.04. The second-order valence-corrected chi connectivity index (χ2v) is 6.69. The number of thiocarbonyl (C=S) groups is 1. The predicted molar refractivity (Wildman–Crippen MR) is 98.7 cm³/mol. The van der Waals surface area contributed by atoms with Gasteiger partial charge in [-0.25, -0.2) is 9.37 Å². The quantitative estimate of drug-likeness (QED) is 0.692. The van der Waals surface area contributed by atoms with Crippen LogP contribution >= 0.6 is 23.6 Å². The van der Waals surface area contributed by atoms with Gasteiger partial charge in [0.1, 0.15) is 5.82 Å². The second-order valence-electron chi connectivity index (χ2n) is 5.17. The first-order chi connectivity index (χ1) is 11.1. The van der Waals surface area contributed by atoms with Crippen molar-refractivity contribution in [1.29, 1.82) is 0 Å². The van der Waals surface area contributed by atoms with Gasteiger partial charge in [-0.15, -0.1) is 11.3 Å². The molecule has 0 aliphatic heterocycles. The number of aromatic nitrogens is 1. The predicted octanol–water partition coefficient (Wildman–Crippen LogP) is 4.27. The largest absolute Gasteiger partial charge is 0.362 e. The molecule has 0 aliphatic carbocycles. The Hall–Kier alpha value is -2.05. The number of benzene rings is 2. The summed E-state index contributed by atoms with van der Waals surface area (Å²) in [4.78, 5) is 4.58.